The maximum absolute atomic E-state index is 5.82. The molecule has 19 heteroatoms. The molecule has 0 saturated heterocycles. The van der Waals surface area contributed by atoms with Crippen LogP contribution >= 0.6 is 139 Å². The summed E-state index contributed by atoms with van der Waals surface area (Å²) in [5.41, 5.74) is 0.620. The van der Waals surface area contributed by atoms with Gasteiger partial charge in [0.2, 0.25) is 15.2 Å². The van der Waals surface area contributed by atoms with Crippen LogP contribution in [0, 0.1) is 6.92 Å². The summed E-state index contributed by atoms with van der Waals surface area (Å²) in [5.74, 6) is 0.732. The zero-order valence-electron chi connectivity index (χ0n) is 17.9. The van der Waals surface area contributed by atoms with Gasteiger partial charge in [-0.15, -0.1) is 0 Å². The zero-order valence-corrected chi connectivity index (χ0v) is 27.0. The molecule has 3 aromatic rings. The van der Waals surface area contributed by atoms with Crippen LogP contribution in [0.4, 0.5) is 0 Å². The first-order chi connectivity index (χ1) is 16.7. The minimum atomic E-state index is -1.88. The predicted molar refractivity (Wildman–Crippen MR) is 153 cm³/mol. The van der Waals surface area contributed by atoms with Crippen LogP contribution in [0.1, 0.15) is 29.1 Å². The van der Waals surface area contributed by atoms with Crippen LogP contribution in [-0.2, 0) is 15.2 Å². The second-order valence-corrected chi connectivity index (χ2v) is 15.7. The lowest BCUT2D eigenvalue weighted by Gasteiger charge is -2.15. The highest BCUT2D eigenvalue weighted by molar-refractivity contribution is 6.68. The van der Waals surface area contributed by atoms with Gasteiger partial charge >= 0.3 is 0 Å². The third kappa shape index (κ3) is 10.5. The van der Waals surface area contributed by atoms with E-state index in [1.165, 1.54) is 0 Å². The molecule has 0 bridgehead atoms. The fraction of sp³-hybridized carbons (Fsp3) is 0.333. The van der Waals surface area contributed by atoms with Gasteiger partial charge in [0.1, 0.15) is 11.6 Å². The molecule has 0 saturated carbocycles. The number of methoxy groups -OCH3 is 1. The van der Waals surface area contributed by atoms with Crippen molar-refractivity contribution in [1.29, 1.82) is 0 Å². The molecule has 0 spiro atoms. The third-order valence-corrected chi connectivity index (χ3v) is 5.77. The number of alkyl halides is 12. The number of hydrogen-bond donors (Lipinski definition) is 0. The van der Waals surface area contributed by atoms with Crippen molar-refractivity contribution in [2.24, 2.45) is 0 Å². The Balaban J connectivity index is 0.000000281. The van der Waals surface area contributed by atoms with E-state index < -0.39 is 15.2 Å². The Morgan fingerprint density at radius 3 is 1.14 bits per heavy atom. The average molecular weight is 752 g/mol. The Hall–Kier alpha value is 0.520. The van der Waals surface area contributed by atoms with Crippen molar-refractivity contribution in [3.63, 3.8) is 0 Å². The first-order valence-electron chi connectivity index (χ1n) is 9.13. The van der Waals surface area contributed by atoms with Gasteiger partial charge in [-0.25, -0.2) is 29.9 Å². The van der Waals surface area contributed by atoms with Crippen molar-refractivity contribution in [3.8, 4) is 17.1 Å². The molecule has 2 aromatic heterocycles. The van der Waals surface area contributed by atoms with Gasteiger partial charge in [0.05, 0.1) is 7.11 Å². The summed E-state index contributed by atoms with van der Waals surface area (Å²) in [5, 5.41) is 0. The third-order valence-electron chi connectivity index (χ3n) is 3.75. The number of ether oxygens (including phenoxy) is 1. The van der Waals surface area contributed by atoms with E-state index in [4.69, 9.17) is 144 Å². The number of aromatic nitrogens is 6. The van der Waals surface area contributed by atoms with Crippen LogP contribution in [0.2, 0.25) is 0 Å². The molecule has 7 nitrogen and oxygen atoms in total. The lowest BCUT2D eigenvalue weighted by molar-refractivity contribution is 0.415. The number of hydrogen-bond acceptors (Lipinski definition) is 7. The van der Waals surface area contributed by atoms with Gasteiger partial charge in [-0.1, -0.05) is 139 Å². The van der Waals surface area contributed by atoms with E-state index in [-0.39, 0.29) is 29.1 Å². The topological polar surface area (TPSA) is 86.6 Å². The molecular weight excluding hydrogens is 742 g/mol. The maximum Gasteiger partial charge on any atom is 0.250 e. The van der Waals surface area contributed by atoms with Crippen LogP contribution in [0.25, 0.3) is 11.4 Å². The number of rotatable bonds is 2. The van der Waals surface area contributed by atoms with Gasteiger partial charge in [-0.05, 0) is 31.2 Å². The van der Waals surface area contributed by atoms with Crippen molar-refractivity contribution >= 4 is 139 Å². The molecule has 3 rings (SSSR count). The maximum atomic E-state index is 5.82. The van der Waals surface area contributed by atoms with Crippen molar-refractivity contribution < 1.29 is 4.74 Å². The normalized spacial score (nSPS) is 12.6. The molecule has 2 heterocycles. The van der Waals surface area contributed by atoms with E-state index in [0.717, 1.165) is 0 Å². The minimum Gasteiger partial charge on any atom is -0.497 e. The molecule has 1 aromatic carbocycles. The second-order valence-electron chi connectivity index (χ2n) is 6.56. The Morgan fingerprint density at radius 1 is 0.514 bits per heavy atom. The molecule has 37 heavy (non-hydrogen) atoms. The highest BCUT2D eigenvalue weighted by Gasteiger charge is 2.34. The fourth-order valence-electron chi connectivity index (χ4n) is 2.23. The summed E-state index contributed by atoms with van der Waals surface area (Å²) in [4.78, 5) is 23.5. The van der Waals surface area contributed by atoms with Gasteiger partial charge in [-0.3, -0.25) is 0 Å². The summed E-state index contributed by atoms with van der Waals surface area (Å²) in [6.07, 6.45) is 0. The van der Waals surface area contributed by atoms with Crippen LogP contribution in [0.15, 0.2) is 24.3 Å². The Bertz CT molecular complexity index is 1160. The van der Waals surface area contributed by atoms with Crippen LogP contribution in [0.5, 0.6) is 5.75 Å². The van der Waals surface area contributed by atoms with E-state index in [0.29, 0.717) is 17.1 Å². The molecule has 0 aliphatic heterocycles. The smallest absolute Gasteiger partial charge is 0.250 e. The lowest BCUT2D eigenvalue weighted by atomic mass is 10.2. The van der Waals surface area contributed by atoms with Crippen molar-refractivity contribution in [1.82, 2.24) is 29.9 Å². The summed E-state index contributed by atoms with van der Waals surface area (Å²) in [6.45, 7) is 1.57. The molecular formula is C18H10Cl12N6O. The fourth-order valence-corrected chi connectivity index (χ4v) is 3.25. The predicted octanol–water partition coefficient (Wildman–Crippen LogP) is 9.03. The standard InChI is InChI=1S/C12H7Cl6N3O.C6H3Cl6N3/c1-22-7-4-2-6(3-5-7)8-19-9(11(13,14)15)21-10(20-8)12(16,17)18;1-2-13-3(5(7,8)9)15-4(14-2)6(10,11)12/h2-5H,1H3;1H3. The number of halogens is 12. The van der Waals surface area contributed by atoms with E-state index in [2.05, 4.69) is 29.9 Å². The van der Waals surface area contributed by atoms with E-state index in [1.54, 1.807) is 38.3 Å². The molecule has 0 amide bonds. The van der Waals surface area contributed by atoms with E-state index >= 15 is 0 Å². The van der Waals surface area contributed by atoms with Gasteiger partial charge in [0.25, 0.3) is 0 Å². The van der Waals surface area contributed by atoms with E-state index in [1.807, 2.05) is 0 Å². The lowest BCUT2D eigenvalue weighted by Crippen LogP contribution is -2.16. The highest BCUT2D eigenvalue weighted by Crippen LogP contribution is 2.41. The second kappa shape index (κ2) is 13.0. The van der Waals surface area contributed by atoms with Gasteiger partial charge in [0.15, 0.2) is 29.1 Å². The highest BCUT2D eigenvalue weighted by atomic mass is 35.6. The first-order valence-corrected chi connectivity index (χ1v) is 13.7. The molecule has 0 unspecified atom stereocenters. The SMILES string of the molecule is COc1ccc(-c2nc(C(Cl)(Cl)Cl)nc(C(Cl)(Cl)Cl)n2)cc1.Cc1nc(C(Cl)(Cl)Cl)nc(C(Cl)(Cl)Cl)n1. The van der Waals surface area contributed by atoms with Crippen molar-refractivity contribution in [3.05, 3.63) is 53.4 Å². The Morgan fingerprint density at radius 2 is 0.838 bits per heavy atom. The Kier molecular flexibility index (Phi) is 11.9. The molecule has 202 valence electrons. The largest absolute Gasteiger partial charge is 0.497 e. The number of aryl methyl sites for hydroxylation is 1. The number of benzene rings is 1. The first kappa shape index (κ1) is 33.7. The quantitative estimate of drug-likeness (QED) is 0.242. The van der Waals surface area contributed by atoms with Crippen molar-refractivity contribution in [2.45, 2.75) is 22.1 Å². The van der Waals surface area contributed by atoms with Crippen LogP contribution in [0.3, 0.4) is 0 Å². The van der Waals surface area contributed by atoms with Crippen LogP contribution in [-0.4, -0.2) is 37.0 Å². The molecule has 0 radical (unpaired) electrons. The van der Waals surface area contributed by atoms with E-state index in [9.17, 15) is 0 Å². The van der Waals surface area contributed by atoms with Gasteiger partial charge < -0.3 is 4.74 Å². The Labute approximate surface area is 271 Å². The average Bonchev–Trinajstić information content (AvgIpc) is 2.76. The van der Waals surface area contributed by atoms with Gasteiger partial charge in [-0.2, -0.15) is 0 Å². The number of nitrogens with zero attached hydrogens (tertiary/aromatic N) is 6. The van der Waals surface area contributed by atoms with Gasteiger partial charge in [0, 0.05) is 5.56 Å². The molecule has 0 N–H and O–H groups in total. The zero-order chi connectivity index (χ0) is 28.4. The summed E-state index contributed by atoms with van der Waals surface area (Å²) >= 11 is 68.5. The summed E-state index contributed by atoms with van der Waals surface area (Å²) < 4.78 is -2.24. The van der Waals surface area contributed by atoms with Crippen molar-refractivity contribution in [2.75, 3.05) is 7.11 Å². The summed E-state index contributed by atoms with van der Waals surface area (Å²) in [7, 11) is 1.56. The molecule has 0 fully saturated rings. The monoisotopic (exact) mass is 746 g/mol. The molecule has 0 aliphatic carbocycles. The molecule has 0 aliphatic rings. The summed E-state index contributed by atoms with van der Waals surface area (Å²) in [6, 6.07) is 6.89. The minimum absolute atomic E-state index is 0.0821. The van der Waals surface area contributed by atoms with Crippen LogP contribution < -0.4 is 4.74 Å². The molecule has 0 atom stereocenters.